The van der Waals surface area contributed by atoms with Gasteiger partial charge in [0.05, 0.1) is 28.6 Å². The van der Waals surface area contributed by atoms with Crippen molar-refractivity contribution in [2.45, 2.75) is 17.0 Å². The van der Waals surface area contributed by atoms with Gasteiger partial charge in [-0.25, -0.2) is 0 Å². The second-order valence-corrected chi connectivity index (χ2v) is 5.76. The molecular weight excluding hydrogens is 294 g/mol. The van der Waals surface area contributed by atoms with Gasteiger partial charge in [-0.1, -0.05) is 15.9 Å². The van der Waals surface area contributed by atoms with Crippen LogP contribution in [0, 0.1) is 17.8 Å². The molecule has 6 unspecified atom stereocenters. The number of amides is 1. The molecule has 7 heteroatoms. The molecule has 4 bridgehead atoms. The van der Waals surface area contributed by atoms with Crippen LogP contribution in [0.4, 0.5) is 0 Å². The summed E-state index contributed by atoms with van der Waals surface area (Å²) < 4.78 is 5.13. The van der Waals surface area contributed by atoms with E-state index in [2.05, 4.69) is 15.9 Å². The molecule has 3 aliphatic heterocycles. The monoisotopic (exact) mass is 303 g/mol. The molecule has 1 aliphatic carbocycles. The number of rotatable bonds is 1. The molecule has 0 aromatic rings. The van der Waals surface area contributed by atoms with Gasteiger partial charge in [0.2, 0.25) is 5.91 Å². The Morgan fingerprint density at radius 2 is 2.06 bits per heavy atom. The third kappa shape index (κ3) is 1.13. The van der Waals surface area contributed by atoms with Gasteiger partial charge in [-0.2, -0.15) is 0 Å². The predicted molar refractivity (Wildman–Crippen MR) is 57.3 cm³/mol. The van der Waals surface area contributed by atoms with Gasteiger partial charge in [0.15, 0.2) is 0 Å². The fourth-order valence-electron chi connectivity index (χ4n) is 3.31. The SMILES string of the molecule is CN1C(=O)C2C3OC(=O)C2C(C(=O)O)C1C3Br. The summed E-state index contributed by atoms with van der Waals surface area (Å²) in [6.45, 7) is 0. The minimum atomic E-state index is -1.05. The Kier molecular flexibility index (Phi) is 2.08. The summed E-state index contributed by atoms with van der Waals surface area (Å²) in [4.78, 5) is 36.1. The first-order valence-corrected chi connectivity index (χ1v) is 6.20. The highest BCUT2D eigenvalue weighted by molar-refractivity contribution is 9.09. The summed E-state index contributed by atoms with van der Waals surface area (Å²) in [6.07, 6.45) is -0.517. The maximum atomic E-state index is 12.0. The summed E-state index contributed by atoms with van der Waals surface area (Å²) in [5, 5.41) is 9.25. The lowest BCUT2D eigenvalue weighted by Crippen LogP contribution is -2.68. The molecule has 3 saturated heterocycles. The zero-order valence-electron chi connectivity index (χ0n) is 8.87. The number of fused-ring (bicyclic) bond motifs is 1. The predicted octanol–water partition coefficient (Wildman–Crippen LogP) is -0.537. The van der Waals surface area contributed by atoms with Crippen molar-refractivity contribution < 1.29 is 24.2 Å². The van der Waals surface area contributed by atoms with E-state index < -0.39 is 41.8 Å². The topological polar surface area (TPSA) is 83.9 Å². The van der Waals surface area contributed by atoms with Crippen LogP contribution in [0.1, 0.15) is 0 Å². The van der Waals surface area contributed by atoms with Crippen molar-refractivity contribution >= 4 is 33.8 Å². The lowest BCUT2D eigenvalue weighted by atomic mass is 9.65. The fourth-order valence-corrected chi connectivity index (χ4v) is 4.43. The standard InChI is InChI=1S/C10H10BrNO5/c1-12-6-3(9(14)15)2-4(8(12)13)7(5(6)11)17-10(2)16/h2-7H,1H3,(H,14,15). The Labute approximate surface area is 105 Å². The van der Waals surface area contributed by atoms with E-state index in [0.29, 0.717) is 0 Å². The molecule has 4 aliphatic rings. The number of carboxylic acids is 1. The van der Waals surface area contributed by atoms with E-state index in [9.17, 15) is 19.5 Å². The molecular formula is C10H10BrNO5. The van der Waals surface area contributed by atoms with Crippen LogP contribution in [0.3, 0.4) is 0 Å². The third-order valence-corrected chi connectivity index (χ3v) is 5.09. The number of hydrogen-bond acceptors (Lipinski definition) is 4. The Balaban J connectivity index is 2.14. The van der Waals surface area contributed by atoms with Crippen LogP contribution in [0.15, 0.2) is 0 Å². The van der Waals surface area contributed by atoms with Crippen molar-refractivity contribution in [2.24, 2.45) is 17.8 Å². The second-order valence-electron chi connectivity index (χ2n) is 4.70. The average Bonchev–Trinajstić information content (AvgIpc) is 2.54. The van der Waals surface area contributed by atoms with E-state index in [-0.39, 0.29) is 10.7 Å². The molecule has 0 aromatic carbocycles. The summed E-state index contributed by atoms with van der Waals surface area (Å²) in [6, 6.07) is -0.522. The molecule has 4 fully saturated rings. The van der Waals surface area contributed by atoms with E-state index in [1.54, 1.807) is 7.05 Å². The zero-order chi connectivity index (χ0) is 12.5. The lowest BCUT2D eigenvalue weighted by Gasteiger charge is -2.50. The average molecular weight is 304 g/mol. The summed E-state index contributed by atoms with van der Waals surface area (Å²) in [7, 11) is 1.58. The Bertz CT molecular complexity index is 438. The number of nitrogens with zero attached hydrogens (tertiary/aromatic N) is 1. The highest BCUT2D eigenvalue weighted by Gasteiger charge is 2.69. The molecule has 17 heavy (non-hydrogen) atoms. The number of carbonyl (C=O) groups excluding carboxylic acids is 2. The zero-order valence-corrected chi connectivity index (χ0v) is 10.5. The lowest BCUT2D eigenvalue weighted by molar-refractivity contribution is -0.166. The van der Waals surface area contributed by atoms with Gasteiger partial charge in [0.1, 0.15) is 6.10 Å². The summed E-state index contributed by atoms with van der Waals surface area (Å²) >= 11 is 3.37. The van der Waals surface area contributed by atoms with E-state index in [1.165, 1.54) is 4.90 Å². The number of carbonyl (C=O) groups is 3. The van der Waals surface area contributed by atoms with Crippen molar-refractivity contribution in [3.05, 3.63) is 0 Å². The number of esters is 1. The fraction of sp³-hybridized carbons (Fsp3) is 0.700. The van der Waals surface area contributed by atoms with Crippen LogP contribution in [0.25, 0.3) is 0 Å². The molecule has 0 aromatic heterocycles. The van der Waals surface area contributed by atoms with Gasteiger partial charge < -0.3 is 14.7 Å². The number of alkyl halides is 1. The molecule has 1 N–H and O–H groups in total. The van der Waals surface area contributed by atoms with Crippen LogP contribution in [-0.4, -0.2) is 51.9 Å². The highest BCUT2D eigenvalue weighted by atomic mass is 79.9. The normalized spacial score (nSPS) is 47.3. The van der Waals surface area contributed by atoms with Gasteiger partial charge in [0, 0.05) is 7.05 Å². The number of hydrogen-bond donors (Lipinski definition) is 1. The van der Waals surface area contributed by atoms with Crippen LogP contribution in [0.5, 0.6) is 0 Å². The van der Waals surface area contributed by atoms with Crippen molar-refractivity contribution in [1.82, 2.24) is 4.90 Å². The van der Waals surface area contributed by atoms with Gasteiger partial charge >= 0.3 is 11.9 Å². The van der Waals surface area contributed by atoms with Crippen LogP contribution < -0.4 is 0 Å². The van der Waals surface area contributed by atoms with Crippen molar-refractivity contribution in [3.8, 4) is 0 Å². The minimum Gasteiger partial charge on any atom is -0.481 e. The molecule has 0 radical (unpaired) electrons. The smallest absolute Gasteiger partial charge is 0.311 e. The number of aliphatic carboxylic acids is 1. The molecule has 6 atom stereocenters. The number of piperidine rings is 2. The Hall–Kier alpha value is -1.11. The van der Waals surface area contributed by atoms with Crippen LogP contribution in [0.2, 0.25) is 0 Å². The van der Waals surface area contributed by atoms with E-state index >= 15 is 0 Å². The first kappa shape index (κ1) is 11.0. The number of carboxylic acid groups (broad SMARTS) is 1. The molecule has 1 amide bonds. The number of ether oxygens (including phenoxy) is 1. The summed E-state index contributed by atoms with van der Waals surface area (Å²) in [5.74, 6) is -4.14. The van der Waals surface area contributed by atoms with Gasteiger partial charge in [0.25, 0.3) is 0 Å². The second kappa shape index (κ2) is 3.22. The maximum absolute atomic E-state index is 12.0. The minimum absolute atomic E-state index is 0.191. The van der Waals surface area contributed by atoms with Gasteiger partial charge in [-0.05, 0) is 0 Å². The summed E-state index contributed by atoms with van der Waals surface area (Å²) in [5.41, 5.74) is 0. The molecule has 92 valence electrons. The third-order valence-electron chi connectivity index (χ3n) is 4.03. The van der Waals surface area contributed by atoms with E-state index in [1.807, 2.05) is 0 Å². The molecule has 1 saturated carbocycles. The molecule has 4 rings (SSSR count). The largest absolute Gasteiger partial charge is 0.481 e. The van der Waals surface area contributed by atoms with Crippen molar-refractivity contribution in [2.75, 3.05) is 7.05 Å². The van der Waals surface area contributed by atoms with Crippen molar-refractivity contribution in [1.29, 1.82) is 0 Å². The van der Waals surface area contributed by atoms with Gasteiger partial charge in [-0.15, -0.1) is 0 Å². The first-order chi connectivity index (χ1) is 7.95. The Morgan fingerprint density at radius 1 is 1.41 bits per heavy atom. The van der Waals surface area contributed by atoms with E-state index in [4.69, 9.17) is 4.74 Å². The first-order valence-electron chi connectivity index (χ1n) is 5.29. The molecule has 0 spiro atoms. The van der Waals surface area contributed by atoms with Crippen LogP contribution in [-0.2, 0) is 19.1 Å². The quantitative estimate of drug-likeness (QED) is 0.520. The highest BCUT2D eigenvalue weighted by Crippen LogP contribution is 2.52. The van der Waals surface area contributed by atoms with Crippen LogP contribution >= 0.6 is 15.9 Å². The molecule has 3 heterocycles. The van der Waals surface area contributed by atoms with Crippen molar-refractivity contribution in [3.63, 3.8) is 0 Å². The number of halogens is 1. The van der Waals surface area contributed by atoms with E-state index in [0.717, 1.165) is 0 Å². The maximum Gasteiger partial charge on any atom is 0.311 e. The molecule has 6 nitrogen and oxygen atoms in total. The van der Waals surface area contributed by atoms with Gasteiger partial charge in [-0.3, -0.25) is 14.4 Å². The Morgan fingerprint density at radius 3 is 2.65 bits per heavy atom.